The first-order valence-electron chi connectivity index (χ1n) is 7.95. The smallest absolute Gasteiger partial charge is 0.191 e. The Kier molecular flexibility index (Phi) is 10.7. The molecular weight excluding hydrogens is 421 g/mol. The van der Waals surface area contributed by atoms with Crippen molar-refractivity contribution >= 4 is 41.7 Å². The fraction of sp³-hybridized carbons (Fsp3) is 0.588. The van der Waals surface area contributed by atoms with Crippen LogP contribution in [0.5, 0.6) is 0 Å². The van der Waals surface area contributed by atoms with Gasteiger partial charge in [0.25, 0.3) is 0 Å². The van der Waals surface area contributed by atoms with Crippen LogP contribution in [0, 0.1) is 5.92 Å². The third-order valence-electron chi connectivity index (χ3n) is 3.93. The predicted octanol–water partition coefficient (Wildman–Crippen LogP) is 3.30. The van der Waals surface area contributed by atoms with Crippen LogP contribution in [0.3, 0.4) is 0 Å². The summed E-state index contributed by atoms with van der Waals surface area (Å²) in [4.78, 5) is 4.29. The summed E-state index contributed by atoms with van der Waals surface area (Å²) in [6.07, 6.45) is 4.62. The van der Waals surface area contributed by atoms with Gasteiger partial charge in [-0.05, 0) is 24.7 Å². The molecule has 2 rings (SSSR count). The van der Waals surface area contributed by atoms with Gasteiger partial charge in [-0.2, -0.15) is 11.8 Å². The fourth-order valence-electron chi connectivity index (χ4n) is 2.78. The summed E-state index contributed by atoms with van der Waals surface area (Å²) < 4.78 is 6.04. The number of hydrogen-bond acceptors (Lipinski definition) is 3. The molecule has 0 radical (unpaired) electrons. The van der Waals surface area contributed by atoms with E-state index in [0.717, 1.165) is 37.8 Å². The second kappa shape index (κ2) is 12.0. The molecule has 0 saturated carbocycles. The maximum Gasteiger partial charge on any atom is 0.191 e. The minimum Gasteiger partial charge on any atom is -0.373 e. The lowest BCUT2D eigenvalue weighted by Crippen LogP contribution is -2.42. The Balaban J connectivity index is 0.00000264. The summed E-state index contributed by atoms with van der Waals surface area (Å²) in [5.74, 6) is 2.45. The van der Waals surface area contributed by atoms with E-state index < -0.39 is 0 Å². The van der Waals surface area contributed by atoms with Crippen LogP contribution in [-0.2, 0) is 4.74 Å². The largest absolute Gasteiger partial charge is 0.373 e. The Morgan fingerprint density at radius 1 is 1.30 bits per heavy atom. The van der Waals surface area contributed by atoms with Crippen LogP contribution >= 0.6 is 35.7 Å². The number of hydrogen-bond donors (Lipinski definition) is 2. The first kappa shape index (κ1) is 20.6. The molecule has 0 aliphatic carbocycles. The molecule has 1 aliphatic rings. The van der Waals surface area contributed by atoms with E-state index in [1.807, 2.05) is 18.8 Å². The second-order valence-electron chi connectivity index (χ2n) is 5.48. The number of nitrogens with zero attached hydrogens (tertiary/aromatic N) is 1. The molecule has 6 heteroatoms. The molecule has 1 aromatic carbocycles. The minimum absolute atomic E-state index is 0. The topological polar surface area (TPSA) is 45.7 Å². The van der Waals surface area contributed by atoms with Crippen LogP contribution in [0.4, 0.5) is 0 Å². The van der Waals surface area contributed by atoms with Crippen molar-refractivity contribution in [3.63, 3.8) is 0 Å². The van der Waals surface area contributed by atoms with Crippen molar-refractivity contribution in [2.75, 3.05) is 38.8 Å². The highest BCUT2D eigenvalue weighted by molar-refractivity contribution is 14.0. The molecular formula is C17H28IN3OS. The second-order valence-corrected chi connectivity index (χ2v) is 6.46. The van der Waals surface area contributed by atoms with E-state index in [9.17, 15) is 0 Å². The Bertz CT molecular complexity index is 458. The van der Waals surface area contributed by atoms with Crippen molar-refractivity contribution in [1.82, 2.24) is 10.6 Å². The van der Waals surface area contributed by atoms with Gasteiger partial charge in [-0.25, -0.2) is 0 Å². The van der Waals surface area contributed by atoms with Crippen molar-refractivity contribution in [3.05, 3.63) is 35.9 Å². The molecule has 0 spiro atoms. The van der Waals surface area contributed by atoms with E-state index >= 15 is 0 Å². The molecule has 0 amide bonds. The number of benzene rings is 1. The van der Waals surface area contributed by atoms with Crippen LogP contribution < -0.4 is 10.6 Å². The molecule has 23 heavy (non-hydrogen) atoms. The normalized spacial score (nSPS) is 21.4. The van der Waals surface area contributed by atoms with Crippen molar-refractivity contribution < 1.29 is 4.74 Å². The predicted molar refractivity (Wildman–Crippen MR) is 111 cm³/mol. The molecule has 1 heterocycles. The SMILES string of the molecule is CN=C(NCCSC)NCC1CCCOC1c1ccccc1.I. The Hall–Kier alpha value is -0.470. The molecule has 1 fully saturated rings. The number of aliphatic imine (C=N–C) groups is 1. The summed E-state index contributed by atoms with van der Waals surface area (Å²) in [5, 5.41) is 6.79. The standard InChI is InChI=1S/C17H27N3OS.HI/c1-18-17(19-10-12-22-2)20-13-15-9-6-11-21-16(15)14-7-4-3-5-8-14;/h3-5,7-8,15-16H,6,9-13H2,1-2H3,(H2,18,19,20);1H. The average Bonchev–Trinajstić information content (AvgIpc) is 2.59. The lowest BCUT2D eigenvalue weighted by molar-refractivity contribution is -0.0265. The van der Waals surface area contributed by atoms with Gasteiger partial charge in [-0.15, -0.1) is 24.0 Å². The first-order valence-corrected chi connectivity index (χ1v) is 9.34. The van der Waals surface area contributed by atoms with Gasteiger partial charge in [0, 0.05) is 38.4 Å². The lowest BCUT2D eigenvalue weighted by Gasteiger charge is -2.32. The Morgan fingerprint density at radius 3 is 2.78 bits per heavy atom. The molecule has 1 aliphatic heterocycles. The van der Waals surface area contributed by atoms with E-state index in [-0.39, 0.29) is 30.1 Å². The highest BCUT2D eigenvalue weighted by Gasteiger charge is 2.27. The zero-order chi connectivity index (χ0) is 15.6. The number of guanidine groups is 1. The molecule has 130 valence electrons. The van der Waals surface area contributed by atoms with Gasteiger partial charge in [0.2, 0.25) is 0 Å². The zero-order valence-corrected chi connectivity index (χ0v) is 17.1. The Morgan fingerprint density at radius 2 is 2.09 bits per heavy atom. The van der Waals surface area contributed by atoms with Crippen molar-refractivity contribution in [2.45, 2.75) is 18.9 Å². The van der Waals surface area contributed by atoms with Crippen molar-refractivity contribution in [2.24, 2.45) is 10.9 Å². The van der Waals surface area contributed by atoms with Gasteiger partial charge < -0.3 is 15.4 Å². The fourth-order valence-corrected chi connectivity index (χ4v) is 3.09. The van der Waals surface area contributed by atoms with Crippen LogP contribution in [0.1, 0.15) is 24.5 Å². The monoisotopic (exact) mass is 449 g/mol. The number of halogens is 1. The summed E-state index contributed by atoms with van der Waals surface area (Å²) in [6.45, 7) is 2.68. The van der Waals surface area contributed by atoms with E-state index in [2.05, 4.69) is 52.2 Å². The van der Waals surface area contributed by atoms with Gasteiger partial charge in [0.05, 0.1) is 6.10 Å². The third kappa shape index (κ3) is 6.89. The number of rotatable bonds is 6. The van der Waals surface area contributed by atoms with Crippen LogP contribution in [0.25, 0.3) is 0 Å². The van der Waals surface area contributed by atoms with E-state index in [0.29, 0.717) is 5.92 Å². The maximum atomic E-state index is 6.04. The molecule has 2 unspecified atom stereocenters. The Labute approximate surface area is 161 Å². The zero-order valence-electron chi connectivity index (χ0n) is 14.0. The molecule has 2 atom stereocenters. The van der Waals surface area contributed by atoms with Crippen molar-refractivity contribution in [1.29, 1.82) is 0 Å². The van der Waals surface area contributed by atoms with Crippen LogP contribution in [-0.4, -0.2) is 44.7 Å². The van der Waals surface area contributed by atoms with Gasteiger partial charge >= 0.3 is 0 Å². The number of nitrogens with one attached hydrogen (secondary N) is 2. The number of ether oxygens (including phenoxy) is 1. The summed E-state index contributed by atoms with van der Waals surface area (Å²) in [5.41, 5.74) is 1.28. The molecule has 0 aromatic heterocycles. The maximum absolute atomic E-state index is 6.04. The van der Waals surface area contributed by atoms with Crippen LogP contribution in [0.2, 0.25) is 0 Å². The van der Waals surface area contributed by atoms with E-state index in [1.54, 1.807) is 0 Å². The highest BCUT2D eigenvalue weighted by atomic mass is 127. The molecule has 0 bridgehead atoms. The molecule has 2 N–H and O–H groups in total. The van der Waals surface area contributed by atoms with E-state index in [4.69, 9.17) is 4.74 Å². The van der Waals surface area contributed by atoms with Gasteiger partial charge in [-0.1, -0.05) is 30.3 Å². The van der Waals surface area contributed by atoms with Gasteiger partial charge in [0.1, 0.15) is 0 Å². The molecule has 1 saturated heterocycles. The quantitative estimate of drug-likeness (QED) is 0.303. The van der Waals surface area contributed by atoms with Gasteiger partial charge in [-0.3, -0.25) is 4.99 Å². The first-order chi connectivity index (χ1) is 10.8. The third-order valence-corrected chi connectivity index (χ3v) is 4.54. The highest BCUT2D eigenvalue weighted by Crippen LogP contribution is 2.32. The summed E-state index contributed by atoms with van der Waals surface area (Å²) in [7, 11) is 1.82. The molecule has 1 aromatic rings. The van der Waals surface area contributed by atoms with E-state index in [1.165, 1.54) is 12.0 Å². The average molecular weight is 449 g/mol. The number of thioether (sulfide) groups is 1. The minimum atomic E-state index is 0. The summed E-state index contributed by atoms with van der Waals surface area (Å²) >= 11 is 1.83. The van der Waals surface area contributed by atoms with Crippen molar-refractivity contribution in [3.8, 4) is 0 Å². The summed E-state index contributed by atoms with van der Waals surface area (Å²) in [6, 6.07) is 10.5. The van der Waals surface area contributed by atoms with Gasteiger partial charge in [0.15, 0.2) is 5.96 Å². The molecule has 4 nitrogen and oxygen atoms in total. The van der Waals surface area contributed by atoms with Crippen LogP contribution in [0.15, 0.2) is 35.3 Å². The lowest BCUT2D eigenvalue weighted by atomic mass is 9.89.